The summed E-state index contributed by atoms with van der Waals surface area (Å²) in [6, 6.07) is 0.255. The van der Waals surface area contributed by atoms with Gasteiger partial charge in [0.05, 0.1) is 11.9 Å². The average Bonchev–Trinajstić information content (AvgIpc) is 2.75. The number of nitrogens with zero attached hydrogens (tertiary/aromatic N) is 2. The van der Waals surface area contributed by atoms with Gasteiger partial charge in [-0.15, -0.1) is 0 Å². The molecule has 0 aromatic carbocycles. The molecule has 0 radical (unpaired) electrons. The minimum atomic E-state index is 0.0103. The zero-order valence-electron chi connectivity index (χ0n) is 10.9. The summed E-state index contributed by atoms with van der Waals surface area (Å²) in [6.45, 7) is 2.35. The molecule has 0 bridgehead atoms. The van der Waals surface area contributed by atoms with E-state index in [4.69, 9.17) is 5.73 Å². The van der Waals surface area contributed by atoms with Crippen molar-refractivity contribution in [1.82, 2.24) is 15.1 Å². The van der Waals surface area contributed by atoms with E-state index in [0.717, 1.165) is 0 Å². The predicted molar refractivity (Wildman–Crippen MR) is 70.8 cm³/mol. The van der Waals surface area contributed by atoms with Crippen molar-refractivity contribution in [3.8, 4) is 0 Å². The number of rotatable bonds is 4. The first-order valence-electron chi connectivity index (χ1n) is 6.72. The van der Waals surface area contributed by atoms with E-state index in [1.54, 1.807) is 17.1 Å². The fraction of sp³-hybridized carbons (Fsp3) is 0.692. The number of anilines is 1. The van der Waals surface area contributed by atoms with Crippen LogP contribution in [0.5, 0.6) is 0 Å². The summed E-state index contributed by atoms with van der Waals surface area (Å²) in [6.07, 6.45) is 9.61. The number of carbonyl (C=O) groups excluding carboxylic acids is 1. The third-order valence-corrected chi connectivity index (χ3v) is 3.70. The van der Waals surface area contributed by atoms with Crippen molar-refractivity contribution in [2.45, 2.75) is 51.6 Å². The normalized spacial score (nSPS) is 18.5. The number of nitrogens with one attached hydrogen (secondary N) is 1. The van der Waals surface area contributed by atoms with Gasteiger partial charge in [-0.3, -0.25) is 9.48 Å². The van der Waals surface area contributed by atoms with Gasteiger partial charge in [0, 0.05) is 12.2 Å². The van der Waals surface area contributed by atoms with E-state index in [1.807, 2.05) is 0 Å². The molecule has 1 aromatic heterocycles. The number of nitrogens with two attached hydrogens (primary N) is 1. The minimum Gasteiger partial charge on any atom is -0.396 e. The zero-order chi connectivity index (χ0) is 13.0. The molecule has 0 spiro atoms. The maximum Gasteiger partial charge on any atom is 0.241 e. The first-order valence-corrected chi connectivity index (χ1v) is 6.72. The van der Waals surface area contributed by atoms with Crippen LogP contribution < -0.4 is 11.1 Å². The Hall–Kier alpha value is -1.52. The van der Waals surface area contributed by atoms with Gasteiger partial charge in [0.1, 0.15) is 6.54 Å². The van der Waals surface area contributed by atoms with Crippen molar-refractivity contribution >= 4 is 11.6 Å². The number of hydrogen-bond acceptors (Lipinski definition) is 3. The lowest BCUT2D eigenvalue weighted by Crippen LogP contribution is -2.40. The molecule has 0 saturated heterocycles. The van der Waals surface area contributed by atoms with Crippen LogP contribution in [-0.2, 0) is 11.3 Å². The highest BCUT2D eigenvalue weighted by Crippen LogP contribution is 2.26. The van der Waals surface area contributed by atoms with Gasteiger partial charge in [0.2, 0.25) is 5.91 Å². The van der Waals surface area contributed by atoms with Crippen LogP contribution in [0.1, 0.15) is 39.0 Å². The SMILES string of the molecule is CC(NC(=O)Cn1cc(N)cn1)C1CCCCC1. The van der Waals surface area contributed by atoms with Gasteiger partial charge in [-0.1, -0.05) is 19.3 Å². The van der Waals surface area contributed by atoms with E-state index in [0.29, 0.717) is 11.6 Å². The van der Waals surface area contributed by atoms with Gasteiger partial charge >= 0.3 is 0 Å². The number of carbonyl (C=O) groups is 1. The molecule has 1 heterocycles. The summed E-state index contributed by atoms with van der Waals surface area (Å²) in [5, 5.41) is 7.07. The van der Waals surface area contributed by atoms with Crippen LogP contribution in [0.4, 0.5) is 5.69 Å². The molecular formula is C13H22N4O. The Labute approximate surface area is 108 Å². The monoisotopic (exact) mass is 250 g/mol. The fourth-order valence-corrected chi connectivity index (χ4v) is 2.66. The minimum absolute atomic E-state index is 0.0103. The molecule has 1 aliphatic carbocycles. The van der Waals surface area contributed by atoms with Crippen molar-refractivity contribution in [3.05, 3.63) is 12.4 Å². The van der Waals surface area contributed by atoms with Gasteiger partial charge in [-0.2, -0.15) is 5.10 Å². The standard InChI is InChI=1S/C13H22N4O/c1-10(11-5-3-2-4-6-11)16-13(18)9-17-8-12(14)7-15-17/h7-8,10-11H,2-6,9,14H2,1H3,(H,16,18). The fourth-order valence-electron chi connectivity index (χ4n) is 2.66. The van der Waals surface area contributed by atoms with Gasteiger partial charge in [-0.05, 0) is 25.7 Å². The summed E-state index contributed by atoms with van der Waals surface area (Å²) in [4.78, 5) is 11.9. The smallest absolute Gasteiger partial charge is 0.241 e. The Bertz CT molecular complexity index is 395. The van der Waals surface area contributed by atoms with Crippen LogP contribution >= 0.6 is 0 Å². The molecule has 100 valence electrons. The van der Waals surface area contributed by atoms with Crippen molar-refractivity contribution < 1.29 is 4.79 Å². The maximum absolute atomic E-state index is 11.9. The lowest BCUT2D eigenvalue weighted by molar-refractivity contribution is -0.122. The summed E-state index contributed by atoms with van der Waals surface area (Å²) in [7, 11) is 0. The summed E-state index contributed by atoms with van der Waals surface area (Å²) in [5.41, 5.74) is 6.14. The Morgan fingerprint density at radius 2 is 2.28 bits per heavy atom. The molecule has 18 heavy (non-hydrogen) atoms. The van der Waals surface area contributed by atoms with Crippen LogP contribution in [0.15, 0.2) is 12.4 Å². The number of aromatic nitrogens is 2. The van der Waals surface area contributed by atoms with Crippen molar-refractivity contribution in [2.75, 3.05) is 5.73 Å². The van der Waals surface area contributed by atoms with Gasteiger partial charge in [-0.25, -0.2) is 0 Å². The first kappa shape index (κ1) is 12.9. The molecule has 1 amide bonds. The molecule has 1 unspecified atom stereocenters. The largest absolute Gasteiger partial charge is 0.396 e. The Morgan fingerprint density at radius 3 is 2.89 bits per heavy atom. The van der Waals surface area contributed by atoms with Gasteiger partial charge in [0.25, 0.3) is 0 Å². The summed E-state index contributed by atoms with van der Waals surface area (Å²) >= 11 is 0. The quantitative estimate of drug-likeness (QED) is 0.851. The second-order valence-electron chi connectivity index (χ2n) is 5.23. The van der Waals surface area contributed by atoms with Crippen LogP contribution in [0.3, 0.4) is 0 Å². The van der Waals surface area contributed by atoms with E-state index >= 15 is 0 Å². The van der Waals surface area contributed by atoms with Crippen molar-refractivity contribution in [3.63, 3.8) is 0 Å². The van der Waals surface area contributed by atoms with E-state index in [2.05, 4.69) is 17.3 Å². The topological polar surface area (TPSA) is 72.9 Å². The van der Waals surface area contributed by atoms with E-state index < -0.39 is 0 Å². The van der Waals surface area contributed by atoms with Crippen LogP contribution in [-0.4, -0.2) is 21.7 Å². The van der Waals surface area contributed by atoms with E-state index in [9.17, 15) is 4.79 Å². The molecule has 5 nitrogen and oxygen atoms in total. The lowest BCUT2D eigenvalue weighted by atomic mass is 9.84. The van der Waals surface area contributed by atoms with Crippen LogP contribution in [0.2, 0.25) is 0 Å². The van der Waals surface area contributed by atoms with E-state index in [1.165, 1.54) is 32.1 Å². The molecular weight excluding hydrogens is 228 g/mol. The Morgan fingerprint density at radius 1 is 1.56 bits per heavy atom. The molecule has 1 fully saturated rings. The summed E-state index contributed by atoms with van der Waals surface area (Å²) < 4.78 is 1.57. The van der Waals surface area contributed by atoms with Crippen LogP contribution in [0, 0.1) is 5.92 Å². The lowest BCUT2D eigenvalue weighted by Gasteiger charge is -2.28. The molecule has 3 N–H and O–H groups in total. The van der Waals surface area contributed by atoms with Gasteiger partial charge < -0.3 is 11.1 Å². The number of amides is 1. The van der Waals surface area contributed by atoms with Gasteiger partial charge in [0.15, 0.2) is 0 Å². The highest BCUT2D eigenvalue weighted by atomic mass is 16.2. The zero-order valence-corrected chi connectivity index (χ0v) is 10.9. The molecule has 1 atom stereocenters. The number of hydrogen-bond donors (Lipinski definition) is 2. The summed E-state index contributed by atoms with van der Waals surface area (Å²) in [5.74, 6) is 0.640. The molecule has 1 aliphatic rings. The van der Waals surface area contributed by atoms with Crippen molar-refractivity contribution in [1.29, 1.82) is 0 Å². The molecule has 1 aromatic rings. The Kier molecular flexibility index (Phi) is 4.23. The second-order valence-corrected chi connectivity index (χ2v) is 5.23. The molecule has 5 heteroatoms. The second kappa shape index (κ2) is 5.89. The van der Waals surface area contributed by atoms with Crippen molar-refractivity contribution in [2.24, 2.45) is 5.92 Å². The first-order chi connectivity index (χ1) is 8.65. The predicted octanol–water partition coefficient (Wildman–Crippen LogP) is 1.55. The highest BCUT2D eigenvalue weighted by molar-refractivity contribution is 5.76. The highest BCUT2D eigenvalue weighted by Gasteiger charge is 2.21. The third kappa shape index (κ3) is 3.48. The van der Waals surface area contributed by atoms with Crippen LogP contribution in [0.25, 0.3) is 0 Å². The molecule has 2 rings (SSSR count). The third-order valence-electron chi connectivity index (χ3n) is 3.70. The molecule has 1 saturated carbocycles. The maximum atomic E-state index is 11.9. The molecule has 0 aliphatic heterocycles. The van der Waals surface area contributed by atoms with E-state index in [-0.39, 0.29) is 18.5 Å². The number of nitrogen functional groups attached to an aromatic ring is 1. The Balaban J connectivity index is 1.79. The average molecular weight is 250 g/mol.